The van der Waals surface area contributed by atoms with Gasteiger partial charge in [-0.3, -0.25) is 0 Å². The first-order valence-corrected chi connectivity index (χ1v) is 11.5. The quantitative estimate of drug-likeness (QED) is 0.302. The Morgan fingerprint density at radius 1 is 1.00 bits per heavy atom. The molecule has 0 radical (unpaired) electrons. The first-order chi connectivity index (χ1) is 17.2. The van der Waals surface area contributed by atoms with Crippen LogP contribution < -0.4 is 14.2 Å². The van der Waals surface area contributed by atoms with Gasteiger partial charge in [0.1, 0.15) is 35.7 Å². The molecule has 6 aromatic rings. The molecule has 0 N–H and O–H groups in total. The standard InChI is InChI=1S/C25H19N5O4S/c1-31-18-7-21(33-13-15-4-3-5-16(6-15)17-10-26-14-27-11-17)19-9-23(34-22(19)8-18)20-12-30-24(28-20)35-25(29-30)32-2/h3-12,14H,13H2,1-2H3. The number of aromatic nitrogens is 5. The van der Waals surface area contributed by atoms with Crippen LogP contribution in [-0.2, 0) is 6.61 Å². The van der Waals surface area contributed by atoms with Gasteiger partial charge < -0.3 is 18.6 Å². The van der Waals surface area contributed by atoms with Crippen molar-refractivity contribution < 1.29 is 18.6 Å². The second-order valence-corrected chi connectivity index (χ2v) is 8.61. The molecule has 4 heterocycles. The molecule has 0 aliphatic rings. The number of nitrogens with zero attached hydrogens (tertiary/aromatic N) is 5. The van der Waals surface area contributed by atoms with E-state index >= 15 is 0 Å². The molecule has 0 spiro atoms. The Morgan fingerprint density at radius 2 is 1.89 bits per heavy atom. The van der Waals surface area contributed by atoms with Crippen molar-refractivity contribution in [1.29, 1.82) is 0 Å². The molecule has 0 unspecified atom stereocenters. The van der Waals surface area contributed by atoms with E-state index in [1.54, 1.807) is 31.1 Å². The van der Waals surface area contributed by atoms with Crippen LogP contribution in [0.2, 0.25) is 0 Å². The molecule has 0 amide bonds. The van der Waals surface area contributed by atoms with E-state index in [9.17, 15) is 0 Å². The summed E-state index contributed by atoms with van der Waals surface area (Å²) in [5.74, 6) is 1.91. The van der Waals surface area contributed by atoms with Crippen LogP contribution in [0.4, 0.5) is 0 Å². The summed E-state index contributed by atoms with van der Waals surface area (Å²) in [6, 6.07) is 13.7. The largest absolute Gasteiger partial charge is 0.496 e. The van der Waals surface area contributed by atoms with Crippen molar-refractivity contribution in [3.8, 4) is 39.3 Å². The van der Waals surface area contributed by atoms with Crippen LogP contribution in [0.3, 0.4) is 0 Å². The third-order valence-electron chi connectivity index (χ3n) is 5.48. The van der Waals surface area contributed by atoms with Gasteiger partial charge in [0.05, 0.1) is 25.8 Å². The maximum absolute atomic E-state index is 6.24. The zero-order valence-electron chi connectivity index (χ0n) is 18.8. The number of methoxy groups -OCH3 is 2. The lowest BCUT2D eigenvalue weighted by atomic mass is 10.1. The summed E-state index contributed by atoms with van der Waals surface area (Å²) in [5.41, 5.74) is 4.31. The average Bonchev–Trinajstić information content (AvgIpc) is 3.60. The Kier molecular flexibility index (Phi) is 5.27. The van der Waals surface area contributed by atoms with Gasteiger partial charge in [-0.1, -0.05) is 18.2 Å². The summed E-state index contributed by atoms with van der Waals surface area (Å²) in [5, 5.41) is 5.70. The van der Waals surface area contributed by atoms with E-state index in [-0.39, 0.29) is 0 Å². The molecular formula is C25H19N5O4S. The lowest BCUT2D eigenvalue weighted by Gasteiger charge is -2.10. The highest BCUT2D eigenvalue weighted by Crippen LogP contribution is 2.37. The van der Waals surface area contributed by atoms with Crippen LogP contribution in [0.25, 0.3) is 38.5 Å². The van der Waals surface area contributed by atoms with Gasteiger partial charge in [-0.2, -0.15) is 0 Å². The molecule has 35 heavy (non-hydrogen) atoms. The summed E-state index contributed by atoms with van der Waals surface area (Å²) in [6.45, 7) is 0.369. The first-order valence-electron chi connectivity index (χ1n) is 10.7. The van der Waals surface area contributed by atoms with Crippen molar-refractivity contribution in [2.75, 3.05) is 14.2 Å². The Hall–Kier alpha value is -4.44. The molecule has 0 aliphatic heterocycles. The van der Waals surface area contributed by atoms with E-state index in [0.29, 0.717) is 40.3 Å². The maximum Gasteiger partial charge on any atom is 0.294 e. The molecule has 0 atom stereocenters. The zero-order valence-corrected chi connectivity index (χ0v) is 19.7. The van der Waals surface area contributed by atoms with Crippen LogP contribution in [0.1, 0.15) is 5.56 Å². The predicted octanol–water partition coefficient (Wildman–Crippen LogP) is 5.26. The van der Waals surface area contributed by atoms with E-state index in [0.717, 1.165) is 27.0 Å². The molecule has 10 heteroatoms. The van der Waals surface area contributed by atoms with Gasteiger partial charge in [-0.15, -0.1) is 5.10 Å². The van der Waals surface area contributed by atoms with Gasteiger partial charge >= 0.3 is 0 Å². The molecule has 0 bridgehead atoms. The van der Waals surface area contributed by atoms with Crippen LogP contribution in [0.5, 0.6) is 16.7 Å². The van der Waals surface area contributed by atoms with Crippen molar-refractivity contribution in [2.24, 2.45) is 0 Å². The van der Waals surface area contributed by atoms with E-state index < -0.39 is 0 Å². The summed E-state index contributed by atoms with van der Waals surface area (Å²) in [7, 11) is 3.20. The summed E-state index contributed by atoms with van der Waals surface area (Å²) < 4.78 is 24.7. The molecule has 0 saturated heterocycles. The van der Waals surface area contributed by atoms with E-state index in [1.807, 2.05) is 42.6 Å². The number of furan rings is 1. The lowest BCUT2D eigenvalue weighted by molar-refractivity contribution is 0.307. The number of hydrogen-bond donors (Lipinski definition) is 0. The van der Waals surface area contributed by atoms with Crippen molar-refractivity contribution in [3.63, 3.8) is 0 Å². The van der Waals surface area contributed by atoms with Crippen molar-refractivity contribution >= 4 is 27.3 Å². The Morgan fingerprint density at radius 3 is 2.69 bits per heavy atom. The van der Waals surface area contributed by atoms with Gasteiger partial charge in [-0.05, 0) is 34.6 Å². The third-order valence-corrected chi connectivity index (χ3v) is 6.36. The van der Waals surface area contributed by atoms with Crippen LogP contribution in [-0.4, -0.2) is 38.8 Å². The first kappa shape index (κ1) is 21.1. The molecule has 4 aromatic heterocycles. The predicted molar refractivity (Wildman–Crippen MR) is 131 cm³/mol. The fourth-order valence-corrected chi connectivity index (χ4v) is 4.48. The second kappa shape index (κ2) is 8.73. The van der Waals surface area contributed by atoms with Crippen molar-refractivity contribution in [2.45, 2.75) is 6.61 Å². The minimum atomic E-state index is 0.369. The molecule has 0 aliphatic carbocycles. The molecule has 9 nitrogen and oxygen atoms in total. The topological polar surface area (TPSA) is 96.8 Å². The molecular weight excluding hydrogens is 466 g/mol. The third kappa shape index (κ3) is 4.04. The number of hydrogen-bond acceptors (Lipinski definition) is 9. The monoisotopic (exact) mass is 485 g/mol. The summed E-state index contributed by atoms with van der Waals surface area (Å²) in [6.07, 6.45) is 6.90. The highest BCUT2D eigenvalue weighted by atomic mass is 32.1. The highest BCUT2D eigenvalue weighted by molar-refractivity contribution is 7.18. The van der Waals surface area contributed by atoms with E-state index in [1.165, 1.54) is 17.7 Å². The normalized spacial score (nSPS) is 11.3. The van der Waals surface area contributed by atoms with Gasteiger partial charge in [0.2, 0.25) is 4.96 Å². The molecule has 0 fully saturated rings. The van der Waals surface area contributed by atoms with Crippen molar-refractivity contribution in [1.82, 2.24) is 24.6 Å². The van der Waals surface area contributed by atoms with Gasteiger partial charge in [0, 0.05) is 30.1 Å². The number of rotatable bonds is 7. The maximum atomic E-state index is 6.24. The summed E-state index contributed by atoms with van der Waals surface area (Å²) in [4.78, 5) is 13.5. The molecule has 174 valence electrons. The minimum Gasteiger partial charge on any atom is -0.496 e. The zero-order chi connectivity index (χ0) is 23.8. The molecule has 6 rings (SSSR count). The smallest absolute Gasteiger partial charge is 0.294 e. The second-order valence-electron chi connectivity index (χ2n) is 7.69. The summed E-state index contributed by atoms with van der Waals surface area (Å²) >= 11 is 1.36. The lowest BCUT2D eigenvalue weighted by Crippen LogP contribution is -1.97. The van der Waals surface area contributed by atoms with Crippen LogP contribution >= 0.6 is 11.3 Å². The SMILES string of the molecule is COc1cc(OCc2cccc(-c3cncnc3)c2)c2cc(-c3cn4nc(OC)sc4n3)oc2c1. The van der Waals surface area contributed by atoms with Crippen molar-refractivity contribution in [3.05, 3.63) is 72.9 Å². The number of fused-ring (bicyclic) bond motifs is 2. The van der Waals surface area contributed by atoms with Gasteiger partial charge in [0.15, 0.2) is 5.76 Å². The number of ether oxygens (including phenoxy) is 3. The molecule has 0 saturated carbocycles. The minimum absolute atomic E-state index is 0.369. The highest BCUT2D eigenvalue weighted by Gasteiger charge is 2.17. The van der Waals surface area contributed by atoms with Crippen LogP contribution in [0.15, 0.2) is 71.8 Å². The van der Waals surface area contributed by atoms with Crippen LogP contribution in [0, 0.1) is 0 Å². The number of imidazole rings is 1. The molecule has 2 aromatic carbocycles. The van der Waals surface area contributed by atoms with Gasteiger partial charge in [-0.25, -0.2) is 19.5 Å². The van der Waals surface area contributed by atoms with Gasteiger partial charge in [0.25, 0.3) is 5.19 Å². The fraction of sp³-hybridized carbons (Fsp3) is 0.120. The van der Waals surface area contributed by atoms with E-state index in [2.05, 4.69) is 26.1 Å². The Bertz CT molecular complexity index is 1610. The fourth-order valence-electron chi connectivity index (χ4n) is 3.78. The van der Waals surface area contributed by atoms with E-state index in [4.69, 9.17) is 18.6 Å². The number of benzene rings is 2. The Balaban J connectivity index is 1.31. The Labute approximate surface area is 203 Å². The average molecular weight is 486 g/mol.